The van der Waals surface area contributed by atoms with Gasteiger partial charge in [-0.2, -0.15) is 5.26 Å². The highest BCUT2D eigenvalue weighted by Crippen LogP contribution is 2.17. The molecule has 0 saturated carbocycles. The monoisotopic (exact) mass is 304 g/mol. The summed E-state index contributed by atoms with van der Waals surface area (Å²) >= 11 is 0. The molecule has 9 heteroatoms. The lowest BCUT2D eigenvalue weighted by molar-refractivity contribution is 0.0697. The Labute approximate surface area is 119 Å². The molecule has 2 aromatic heterocycles. The highest BCUT2D eigenvalue weighted by Gasteiger charge is 2.19. The largest absolute Gasteiger partial charge is 0.478 e. The van der Waals surface area contributed by atoms with Gasteiger partial charge in [0.1, 0.15) is 22.2 Å². The van der Waals surface area contributed by atoms with Crippen molar-refractivity contribution < 1.29 is 18.3 Å². The molecule has 2 heterocycles. The standard InChI is InChI=1S/C12H8N4O4S/c13-6-8-3-4-9(7-15-8)21(19,20)16-11-10(12(17)18)2-1-5-14-11/h1-5,7H,(H,14,16)(H,17,18). The number of nitrogens with one attached hydrogen (secondary N) is 1. The van der Waals surface area contributed by atoms with Crippen molar-refractivity contribution in [3.8, 4) is 6.07 Å². The fourth-order valence-electron chi connectivity index (χ4n) is 1.45. The highest BCUT2D eigenvalue weighted by molar-refractivity contribution is 7.92. The molecule has 2 aromatic rings. The molecule has 0 aliphatic carbocycles. The third-order valence-electron chi connectivity index (χ3n) is 2.43. The number of carbonyl (C=O) groups is 1. The number of aromatic nitrogens is 2. The lowest BCUT2D eigenvalue weighted by Crippen LogP contribution is -2.17. The third kappa shape index (κ3) is 3.13. The molecule has 0 aliphatic rings. The summed E-state index contributed by atoms with van der Waals surface area (Å²) in [4.78, 5) is 18.1. The third-order valence-corrected chi connectivity index (χ3v) is 3.75. The smallest absolute Gasteiger partial charge is 0.339 e. The van der Waals surface area contributed by atoms with Crippen LogP contribution in [-0.4, -0.2) is 29.5 Å². The van der Waals surface area contributed by atoms with E-state index in [1.54, 1.807) is 6.07 Å². The van der Waals surface area contributed by atoms with Gasteiger partial charge in [0.15, 0.2) is 5.82 Å². The van der Waals surface area contributed by atoms with Crippen LogP contribution in [0.5, 0.6) is 0 Å². The van der Waals surface area contributed by atoms with Gasteiger partial charge in [0.25, 0.3) is 10.0 Å². The first-order valence-electron chi connectivity index (χ1n) is 5.51. The maximum Gasteiger partial charge on any atom is 0.339 e. The van der Waals surface area contributed by atoms with Crippen molar-refractivity contribution in [3.63, 3.8) is 0 Å². The summed E-state index contributed by atoms with van der Waals surface area (Å²) in [7, 11) is -4.04. The molecule has 21 heavy (non-hydrogen) atoms. The van der Waals surface area contributed by atoms with E-state index >= 15 is 0 Å². The minimum Gasteiger partial charge on any atom is -0.478 e. The zero-order chi connectivity index (χ0) is 15.5. The Morgan fingerprint density at radius 3 is 2.62 bits per heavy atom. The van der Waals surface area contributed by atoms with Crippen LogP contribution in [-0.2, 0) is 10.0 Å². The van der Waals surface area contributed by atoms with Gasteiger partial charge < -0.3 is 5.11 Å². The molecule has 106 valence electrons. The predicted octanol–water partition coefficient (Wildman–Crippen LogP) is 0.847. The van der Waals surface area contributed by atoms with Crippen LogP contribution < -0.4 is 4.72 Å². The Hall–Kier alpha value is -2.99. The number of nitriles is 1. The van der Waals surface area contributed by atoms with Gasteiger partial charge in [-0.1, -0.05) is 0 Å². The van der Waals surface area contributed by atoms with Crippen LogP contribution in [0.15, 0.2) is 41.6 Å². The maximum atomic E-state index is 12.1. The number of anilines is 1. The molecule has 0 atom stereocenters. The molecule has 0 spiro atoms. The molecule has 0 fully saturated rings. The molecule has 0 saturated heterocycles. The summed E-state index contributed by atoms with van der Waals surface area (Å²) in [5.74, 6) is -1.60. The van der Waals surface area contributed by atoms with Gasteiger partial charge in [0, 0.05) is 12.4 Å². The van der Waals surface area contributed by atoms with Crippen LogP contribution in [0.1, 0.15) is 16.1 Å². The lowest BCUT2D eigenvalue weighted by Gasteiger charge is -2.08. The molecule has 0 bridgehead atoms. The van der Waals surface area contributed by atoms with E-state index in [2.05, 4.69) is 14.7 Å². The van der Waals surface area contributed by atoms with Gasteiger partial charge in [-0.3, -0.25) is 4.72 Å². The minimum atomic E-state index is -4.04. The number of carboxylic acid groups (broad SMARTS) is 1. The summed E-state index contributed by atoms with van der Waals surface area (Å²) in [6, 6.07) is 6.80. The zero-order valence-electron chi connectivity index (χ0n) is 10.4. The van der Waals surface area contributed by atoms with Crippen LogP contribution in [0.2, 0.25) is 0 Å². The Kier molecular flexibility index (Phi) is 3.82. The van der Waals surface area contributed by atoms with Crippen molar-refractivity contribution in [2.45, 2.75) is 4.90 Å². The molecule has 0 aliphatic heterocycles. The number of nitrogens with zero attached hydrogens (tertiary/aromatic N) is 3. The molecule has 0 radical (unpaired) electrons. The summed E-state index contributed by atoms with van der Waals surface area (Å²) in [6.07, 6.45) is 2.27. The van der Waals surface area contributed by atoms with Gasteiger partial charge in [-0.05, 0) is 24.3 Å². The number of rotatable bonds is 4. The van der Waals surface area contributed by atoms with E-state index in [0.29, 0.717) is 0 Å². The first-order chi connectivity index (χ1) is 9.94. The van der Waals surface area contributed by atoms with Crippen molar-refractivity contribution in [1.82, 2.24) is 9.97 Å². The lowest BCUT2D eigenvalue weighted by atomic mass is 10.3. The Morgan fingerprint density at radius 1 is 1.29 bits per heavy atom. The van der Waals surface area contributed by atoms with Crippen LogP contribution >= 0.6 is 0 Å². The molecule has 0 unspecified atom stereocenters. The SMILES string of the molecule is N#Cc1ccc(S(=O)(=O)Nc2ncccc2C(=O)O)cn1. The molecule has 0 amide bonds. The van der Waals surface area contributed by atoms with Crippen molar-refractivity contribution in [2.75, 3.05) is 4.72 Å². The Morgan fingerprint density at radius 2 is 2.05 bits per heavy atom. The van der Waals surface area contributed by atoms with E-state index in [1.807, 2.05) is 0 Å². The first-order valence-corrected chi connectivity index (χ1v) is 6.99. The van der Waals surface area contributed by atoms with Crippen LogP contribution in [0.25, 0.3) is 0 Å². The first kappa shape index (κ1) is 14.4. The van der Waals surface area contributed by atoms with Crippen molar-refractivity contribution in [1.29, 1.82) is 5.26 Å². The molecular weight excluding hydrogens is 296 g/mol. The van der Waals surface area contributed by atoms with Crippen molar-refractivity contribution in [2.24, 2.45) is 0 Å². The second-order valence-electron chi connectivity index (χ2n) is 3.80. The van der Waals surface area contributed by atoms with E-state index in [-0.39, 0.29) is 22.0 Å². The molecular formula is C12H8N4O4S. The fourth-order valence-corrected chi connectivity index (χ4v) is 2.42. The minimum absolute atomic E-state index is 0.0676. The molecule has 8 nitrogen and oxygen atoms in total. The van der Waals surface area contributed by atoms with Crippen LogP contribution in [0, 0.1) is 11.3 Å². The second kappa shape index (κ2) is 5.56. The fraction of sp³-hybridized carbons (Fsp3) is 0. The summed E-state index contributed by atoms with van der Waals surface area (Å²) in [5, 5.41) is 17.6. The number of hydrogen-bond acceptors (Lipinski definition) is 6. The van der Waals surface area contributed by atoms with E-state index < -0.39 is 16.0 Å². The average Bonchev–Trinajstić information content (AvgIpc) is 2.47. The number of sulfonamides is 1. The Balaban J connectivity index is 2.38. The molecule has 2 N–H and O–H groups in total. The van der Waals surface area contributed by atoms with Gasteiger partial charge >= 0.3 is 5.97 Å². The maximum absolute atomic E-state index is 12.1. The van der Waals surface area contributed by atoms with Gasteiger partial charge in [-0.25, -0.2) is 23.2 Å². The van der Waals surface area contributed by atoms with E-state index in [1.165, 1.54) is 30.5 Å². The second-order valence-corrected chi connectivity index (χ2v) is 5.48. The Bertz CT molecular complexity index is 825. The average molecular weight is 304 g/mol. The van der Waals surface area contributed by atoms with Gasteiger partial charge in [0.2, 0.25) is 0 Å². The number of carboxylic acids is 1. The van der Waals surface area contributed by atoms with Gasteiger partial charge in [0.05, 0.1) is 0 Å². The number of hydrogen-bond donors (Lipinski definition) is 2. The van der Waals surface area contributed by atoms with E-state index in [9.17, 15) is 13.2 Å². The number of pyridine rings is 2. The predicted molar refractivity (Wildman–Crippen MR) is 71.0 cm³/mol. The van der Waals surface area contributed by atoms with E-state index in [0.717, 1.165) is 6.20 Å². The highest BCUT2D eigenvalue weighted by atomic mass is 32.2. The molecule has 0 aromatic carbocycles. The van der Waals surface area contributed by atoms with Crippen molar-refractivity contribution >= 4 is 21.8 Å². The summed E-state index contributed by atoms with van der Waals surface area (Å²) in [5.41, 5.74) is -0.208. The zero-order valence-corrected chi connectivity index (χ0v) is 11.2. The quantitative estimate of drug-likeness (QED) is 0.855. The van der Waals surface area contributed by atoms with Crippen molar-refractivity contribution in [3.05, 3.63) is 47.9 Å². The summed E-state index contributed by atoms with van der Waals surface area (Å²) in [6.45, 7) is 0. The van der Waals surface area contributed by atoms with Crippen LogP contribution in [0.4, 0.5) is 5.82 Å². The number of aromatic carboxylic acids is 1. The molecule has 2 rings (SSSR count). The summed E-state index contributed by atoms with van der Waals surface area (Å²) < 4.78 is 26.3. The topological polar surface area (TPSA) is 133 Å². The van der Waals surface area contributed by atoms with E-state index in [4.69, 9.17) is 10.4 Å². The normalized spacial score (nSPS) is 10.6. The van der Waals surface area contributed by atoms with Gasteiger partial charge in [-0.15, -0.1) is 0 Å². The van der Waals surface area contributed by atoms with Crippen LogP contribution in [0.3, 0.4) is 0 Å².